The van der Waals surface area contributed by atoms with Crippen molar-refractivity contribution in [2.45, 2.75) is 25.7 Å². The second kappa shape index (κ2) is 5.51. The summed E-state index contributed by atoms with van der Waals surface area (Å²) >= 11 is 0. The molecule has 104 valence electrons. The number of para-hydroxylation sites is 1. The average molecular weight is 261 g/mol. The van der Waals surface area contributed by atoms with Crippen molar-refractivity contribution in [3.63, 3.8) is 0 Å². The number of hydrogen-bond acceptors (Lipinski definition) is 3. The Morgan fingerprint density at radius 2 is 2.05 bits per heavy atom. The van der Waals surface area contributed by atoms with Crippen LogP contribution in [0.25, 0.3) is 0 Å². The zero-order valence-corrected chi connectivity index (χ0v) is 11.7. The third-order valence-electron chi connectivity index (χ3n) is 4.44. The Hall–Kier alpha value is -1.06. The molecule has 0 bridgehead atoms. The molecule has 2 aliphatic heterocycles. The topological polar surface area (TPSA) is 30.5 Å². The van der Waals surface area contributed by atoms with Gasteiger partial charge in [-0.2, -0.15) is 0 Å². The third kappa shape index (κ3) is 2.93. The SMILES string of the molecule is CC1(CNCC2COc3ccccc32)CCOCC1. The van der Waals surface area contributed by atoms with E-state index in [1.807, 2.05) is 6.07 Å². The molecule has 0 aromatic heterocycles. The Morgan fingerprint density at radius 1 is 1.26 bits per heavy atom. The fourth-order valence-electron chi connectivity index (χ4n) is 2.99. The van der Waals surface area contributed by atoms with Gasteiger partial charge >= 0.3 is 0 Å². The van der Waals surface area contributed by atoms with Gasteiger partial charge in [0.15, 0.2) is 0 Å². The van der Waals surface area contributed by atoms with E-state index in [1.165, 1.54) is 5.56 Å². The highest BCUT2D eigenvalue weighted by Crippen LogP contribution is 2.33. The van der Waals surface area contributed by atoms with Crippen LogP contribution < -0.4 is 10.1 Å². The van der Waals surface area contributed by atoms with E-state index in [1.54, 1.807) is 0 Å². The van der Waals surface area contributed by atoms with Crippen LogP contribution in [-0.2, 0) is 4.74 Å². The van der Waals surface area contributed by atoms with Crippen molar-refractivity contribution >= 4 is 0 Å². The molecular formula is C16H23NO2. The summed E-state index contributed by atoms with van der Waals surface area (Å²) in [6, 6.07) is 8.39. The van der Waals surface area contributed by atoms with Crippen LogP contribution in [0.3, 0.4) is 0 Å². The molecule has 1 N–H and O–H groups in total. The van der Waals surface area contributed by atoms with E-state index >= 15 is 0 Å². The van der Waals surface area contributed by atoms with E-state index < -0.39 is 0 Å². The summed E-state index contributed by atoms with van der Waals surface area (Å²) in [5, 5.41) is 3.64. The zero-order chi connectivity index (χ0) is 13.1. The molecule has 0 aliphatic carbocycles. The Labute approximate surface area is 115 Å². The summed E-state index contributed by atoms with van der Waals surface area (Å²) < 4.78 is 11.2. The van der Waals surface area contributed by atoms with Crippen molar-refractivity contribution in [2.24, 2.45) is 5.41 Å². The second-order valence-electron chi connectivity index (χ2n) is 6.10. The van der Waals surface area contributed by atoms with Crippen LogP contribution in [0.4, 0.5) is 0 Å². The zero-order valence-electron chi connectivity index (χ0n) is 11.7. The van der Waals surface area contributed by atoms with Crippen molar-refractivity contribution in [3.8, 4) is 5.75 Å². The monoisotopic (exact) mass is 261 g/mol. The van der Waals surface area contributed by atoms with Gasteiger partial charge in [0, 0.05) is 37.8 Å². The quantitative estimate of drug-likeness (QED) is 0.903. The van der Waals surface area contributed by atoms with Gasteiger partial charge < -0.3 is 14.8 Å². The fourth-order valence-corrected chi connectivity index (χ4v) is 2.99. The fraction of sp³-hybridized carbons (Fsp3) is 0.625. The predicted octanol–water partition coefficient (Wildman–Crippen LogP) is 2.57. The third-order valence-corrected chi connectivity index (χ3v) is 4.44. The smallest absolute Gasteiger partial charge is 0.122 e. The van der Waals surface area contributed by atoms with Gasteiger partial charge in [0.2, 0.25) is 0 Å². The second-order valence-corrected chi connectivity index (χ2v) is 6.10. The largest absolute Gasteiger partial charge is 0.493 e. The van der Waals surface area contributed by atoms with E-state index in [-0.39, 0.29) is 0 Å². The molecule has 1 atom stereocenters. The molecule has 1 fully saturated rings. The predicted molar refractivity (Wildman–Crippen MR) is 75.7 cm³/mol. The van der Waals surface area contributed by atoms with Crippen LogP contribution >= 0.6 is 0 Å². The molecule has 2 heterocycles. The maximum atomic E-state index is 5.72. The number of nitrogens with one attached hydrogen (secondary N) is 1. The summed E-state index contributed by atoms with van der Waals surface area (Å²) in [6.45, 7) is 7.08. The molecule has 3 rings (SSSR count). The first-order valence-electron chi connectivity index (χ1n) is 7.27. The van der Waals surface area contributed by atoms with Crippen molar-refractivity contribution < 1.29 is 9.47 Å². The van der Waals surface area contributed by atoms with Crippen molar-refractivity contribution in [1.82, 2.24) is 5.32 Å². The first-order valence-corrected chi connectivity index (χ1v) is 7.27. The Kier molecular flexibility index (Phi) is 3.76. The molecule has 0 saturated carbocycles. The lowest BCUT2D eigenvalue weighted by molar-refractivity contribution is 0.0240. The highest BCUT2D eigenvalue weighted by molar-refractivity contribution is 5.39. The van der Waals surface area contributed by atoms with E-state index in [4.69, 9.17) is 9.47 Å². The molecule has 3 nitrogen and oxygen atoms in total. The number of rotatable bonds is 4. The highest BCUT2D eigenvalue weighted by Gasteiger charge is 2.28. The van der Waals surface area contributed by atoms with E-state index in [0.717, 1.165) is 51.5 Å². The molecule has 1 aromatic rings. The van der Waals surface area contributed by atoms with Gasteiger partial charge in [-0.15, -0.1) is 0 Å². The molecule has 2 aliphatic rings. The average Bonchev–Trinajstić information content (AvgIpc) is 2.83. The molecule has 1 unspecified atom stereocenters. The summed E-state index contributed by atoms with van der Waals surface area (Å²) in [7, 11) is 0. The van der Waals surface area contributed by atoms with Gasteiger partial charge in [-0.3, -0.25) is 0 Å². The maximum Gasteiger partial charge on any atom is 0.122 e. The number of ether oxygens (including phenoxy) is 2. The minimum Gasteiger partial charge on any atom is -0.493 e. The van der Waals surface area contributed by atoms with Crippen molar-refractivity contribution in [3.05, 3.63) is 29.8 Å². The van der Waals surface area contributed by atoms with Crippen LogP contribution in [0.2, 0.25) is 0 Å². The van der Waals surface area contributed by atoms with Gasteiger partial charge in [-0.05, 0) is 24.3 Å². The minimum absolute atomic E-state index is 0.400. The van der Waals surface area contributed by atoms with E-state index in [2.05, 4.69) is 30.4 Å². The first-order chi connectivity index (χ1) is 9.27. The molecule has 3 heteroatoms. The Bertz CT molecular complexity index is 427. The van der Waals surface area contributed by atoms with Gasteiger partial charge in [0.25, 0.3) is 0 Å². The van der Waals surface area contributed by atoms with Crippen molar-refractivity contribution in [2.75, 3.05) is 32.9 Å². The van der Waals surface area contributed by atoms with E-state index in [9.17, 15) is 0 Å². The molecular weight excluding hydrogens is 238 g/mol. The van der Waals surface area contributed by atoms with E-state index in [0.29, 0.717) is 11.3 Å². The summed E-state index contributed by atoms with van der Waals surface area (Å²) in [5.41, 5.74) is 1.75. The van der Waals surface area contributed by atoms with Crippen LogP contribution in [-0.4, -0.2) is 32.9 Å². The molecule has 0 radical (unpaired) electrons. The van der Waals surface area contributed by atoms with Gasteiger partial charge in [-0.1, -0.05) is 25.1 Å². The molecule has 0 spiro atoms. The summed E-state index contributed by atoms with van der Waals surface area (Å²) in [6.07, 6.45) is 2.33. The van der Waals surface area contributed by atoms with Gasteiger partial charge in [0.05, 0.1) is 6.61 Å². The normalized spacial score (nSPS) is 24.8. The lowest BCUT2D eigenvalue weighted by Crippen LogP contribution is -2.38. The van der Waals surface area contributed by atoms with Crippen LogP contribution in [0, 0.1) is 5.41 Å². The maximum absolute atomic E-state index is 5.72. The number of hydrogen-bond donors (Lipinski definition) is 1. The Morgan fingerprint density at radius 3 is 2.89 bits per heavy atom. The van der Waals surface area contributed by atoms with Crippen LogP contribution in [0.5, 0.6) is 5.75 Å². The molecule has 0 amide bonds. The Balaban J connectivity index is 1.51. The summed E-state index contributed by atoms with van der Waals surface area (Å²) in [4.78, 5) is 0. The summed E-state index contributed by atoms with van der Waals surface area (Å²) in [5.74, 6) is 1.56. The number of fused-ring (bicyclic) bond motifs is 1. The molecule has 19 heavy (non-hydrogen) atoms. The standard InChI is InChI=1S/C16H23NO2/c1-16(6-8-18-9-7-16)12-17-10-13-11-19-15-5-3-2-4-14(13)15/h2-5,13,17H,6-12H2,1H3. The minimum atomic E-state index is 0.400. The first kappa shape index (κ1) is 12.9. The van der Waals surface area contributed by atoms with Crippen LogP contribution in [0.1, 0.15) is 31.2 Å². The highest BCUT2D eigenvalue weighted by atomic mass is 16.5. The molecule has 1 saturated heterocycles. The lowest BCUT2D eigenvalue weighted by Gasteiger charge is -2.34. The lowest BCUT2D eigenvalue weighted by atomic mass is 9.82. The number of benzene rings is 1. The van der Waals surface area contributed by atoms with Gasteiger partial charge in [-0.25, -0.2) is 0 Å². The van der Waals surface area contributed by atoms with Crippen molar-refractivity contribution in [1.29, 1.82) is 0 Å². The van der Waals surface area contributed by atoms with Gasteiger partial charge in [0.1, 0.15) is 5.75 Å². The molecule has 1 aromatic carbocycles. The van der Waals surface area contributed by atoms with Crippen LogP contribution in [0.15, 0.2) is 24.3 Å².